The van der Waals surface area contributed by atoms with Gasteiger partial charge in [-0.25, -0.2) is 23.3 Å². The highest BCUT2D eigenvalue weighted by molar-refractivity contribution is 6.33. The third-order valence-corrected chi connectivity index (χ3v) is 3.00. The lowest BCUT2D eigenvalue weighted by Crippen LogP contribution is -2.26. The van der Waals surface area contributed by atoms with Gasteiger partial charge in [-0.05, 0) is 12.1 Å². The largest absolute Gasteiger partial charge is 0.478 e. The quantitative estimate of drug-likeness (QED) is 0.865. The Morgan fingerprint density at radius 1 is 1.22 bits per heavy atom. The van der Waals surface area contributed by atoms with Crippen LogP contribution in [-0.4, -0.2) is 36.5 Å². The zero-order chi connectivity index (χ0) is 17.5. The lowest BCUT2D eigenvalue weighted by molar-refractivity contribution is 0.0497. The molecule has 0 aliphatic rings. The number of alkyl halides is 2. The van der Waals surface area contributed by atoms with E-state index >= 15 is 0 Å². The highest BCUT2D eigenvalue weighted by Crippen LogP contribution is 2.23. The molecule has 0 spiro atoms. The second-order valence-electron chi connectivity index (χ2n) is 4.06. The van der Waals surface area contributed by atoms with Gasteiger partial charge in [0.1, 0.15) is 5.69 Å². The standard InChI is InChI=1S/C11H5ClF3N3O5/c12-4-2-5(13)6(1-3(4)8(19)20)18-11(23)17(10(14)15)7(16-18)9(21)22/h1-2,10H,(H,19,20)(H,21,22). The Bertz CT molecular complexity index is 877. The normalized spacial score (nSPS) is 11.0. The first-order chi connectivity index (χ1) is 10.6. The van der Waals surface area contributed by atoms with Gasteiger partial charge in [0.2, 0.25) is 5.82 Å². The summed E-state index contributed by atoms with van der Waals surface area (Å²) >= 11 is 5.51. The number of carboxylic acid groups (broad SMARTS) is 2. The van der Waals surface area contributed by atoms with Crippen LogP contribution in [-0.2, 0) is 0 Å². The van der Waals surface area contributed by atoms with E-state index in [1.165, 1.54) is 0 Å². The average molecular weight is 352 g/mol. The minimum atomic E-state index is -3.54. The Hall–Kier alpha value is -2.82. The first kappa shape index (κ1) is 16.5. The molecule has 2 aromatic rings. The van der Waals surface area contributed by atoms with Gasteiger partial charge >= 0.3 is 24.2 Å². The number of carboxylic acids is 2. The van der Waals surface area contributed by atoms with Crippen molar-refractivity contribution in [1.29, 1.82) is 0 Å². The van der Waals surface area contributed by atoms with Gasteiger partial charge in [-0.15, -0.1) is 5.10 Å². The van der Waals surface area contributed by atoms with Crippen molar-refractivity contribution in [3.8, 4) is 5.69 Å². The van der Waals surface area contributed by atoms with E-state index in [-0.39, 0.29) is 4.68 Å². The average Bonchev–Trinajstić information content (AvgIpc) is 2.76. The van der Waals surface area contributed by atoms with Crippen molar-refractivity contribution >= 4 is 23.5 Å². The van der Waals surface area contributed by atoms with Crippen molar-refractivity contribution < 1.29 is 33.0 Å². The van der Waals surface area contributed by atoms with Crippen LogP contribution in [0.15, 0.2) is 16.9 Å². The number of carbonyl (C=O) groups is 2. The van der Waals surface area contributed by atoms with Gasteiger partial charge in [0, 0.05) is 0 Å². The molecule has 23 heavy (non-hydrogen) atoms. The summed E-state index contributed by atoms with van der Waals surface area (Å²) in [5.41, 5.74) is -3.12. The summed E-state index contributed by atoms with van der Waals surface area (Å²) in [6.07, 6.45) is 0. The van der Waals surface area contributed by atoms with Crippen LogP contribution >= 0.6 is 11.6 Å². The van der Waals surface area contributed by atoms with E-state index in [9.17, 15) is 27.6 Å². The van der Waals surface area contributed by atoms with E-state index in [4.69, 9.17) is 21.8 Å². The molecule has 0 aliphatic heterocycles. The van der Waals surface area contributed by atoms with Crippen LogP contribution < -0.4 is 5.69 Å². The van der Waals surface area contributed by atoms with Crippen LogP contribution in [0, 0.1) is 5.82 Å². The monoisotopic (exact) mass is 351 g/mol. The maximum absolute atomic E-state index is 13.9. The van der Waals surface area contributed by atoms with Crippen molar-refractivity contribution in [3.63, 3.8) is 0 Å². The topological polar surface area (TPSA) is 114 Å². The molecule has 1 aromatic carbocycles. The number of aromatic carboxylic acids is 2. The summed E-state index contributed by atoms with van der Waals surface area (Å²) in [5, 5.41) is 20.3. The molecule has 122 valence electrons. The van der Waals surface area contributed by atoms with E-state index in [0.29, 0.717) is 12.1 Å². The number of hydrogen-bond donors (Lipinski definition) is 2. The molecule has 0 saturated carbocycles. The fourth-order valence-corrected chi connectivity index (χ4v) is 1.95. The van der Waals surface area contributed by atoms with Crippen LogP contribution in [0.25, 0.3) is 5.69 Å². The number of halogens is 4. The number of rotatable bonds is 4. The van der Waals surface area contributed by atoms with E-state index in [1.54, 1.807) is 0 Å². The number of nitrogens with zero attached hydrogens (tertiary/aromatic N) is 3. The first-order valence-corrected chi connectivity index (χ1v) is 5.98. The van der Waals surface area contributed by atoms with Crippen LogP contribution in [0.5, 0.6) is 0 Å². The van der Waals surface area contributed by atoms with Crippen LogP contribution in [0.1, 0.15) is 27.5 Å². The van der Waals surface area contributed by atoms with Gasteiger partial charge in [0.05, 0.1) is 10.6 Å². The second-order valence-corrected chi connectivity index (χ2v) is 4.47. The first-order valence-electron chi connectivity index (χ1n) is 5.60. The number of aromatic nitrogens is 3. The van der Waals surface area contributed by atoms with Gasteiger partial charge in [-0.2, -0.15) is 13.5 Å². The van der Waals surface area contributed by atoms with E-state index in [2.05, 4.69) is 5.10 Å². The Kier molecular flexibility index (Phi) is 4.14. The second kappa shape index (κ2) is 5.76. The molecule has 0 unspecified atom stereocenters. The third-order valence-electron chi connectivity index (χ3n) is 2.69. The minimum Gasteiger partial charge on any atom is -0.478 e. The van der Waals surface area contributed by atoms with Gasteiger partial charge in [-0.1, -0.05) is 11.6 Å². The molecular weight excluding hydrogens is 347 g/mol. The van der Waals surface area contributed by atoms with E-state index < -0.39 is 56.7 Å². The summed E-state index contributed by atoms with van der Waals surface area (Å²) < 4.78 is 39.0. The Balaban J connectivity index is 2.80. The van der Waals surface area contributed by atoms with Crippen molar-refractivity contribution in [2.45, 2.75) is 6.55 Å². The summed E-state index contributed by atoms with van der Waals surface area (Å²) in [4.78, 5) is 33.6. The van der Waals surface area contributed by atoms with Gasteiger partial charge in [-0.3, -0.25) is 0 Å². The smallest absolute Gasteiger partial charge is 0.374 e. The van der Waals surface area contributed by atoms with Crippen molar-refractivity contribution in [2.75, 3.05) is 0 Å². The molecule has 12 heteroatoms. The summed E-state index contributed by atoms with van der Waals surface area (Å²) in [7, 11) is 0. The molecule has 8 nitrogen and oxygen atoms in total. The maximum atomic E-state index is 13.9. The number of benzene rings is 1. The van der Waals surface area contributed by atoms with Crippen molar-refractivity contribution in [2.24, 2.45) is 0 Å². The van der Waals surface area contributed by atoms with E-state index in [1.807, 2.05) is 0 Å². The minimum absolute atomic E-state index is 0.0215. The van der Waals surface area contributed by atoms with Crippen LogP contribution in [0.4, 0.5) is 13.2 Å². The summed E-state index contributed by atoms with van der Waals surface area (Å²) in [6.45, 7) is -3.54. The fourth-order valence-electron chi connectivity index (χ4n) is 1.72. The molecule has 0 radical (unpaired) electrons. The zero-order valence-electron chi connectivity index (χ0n) is 10.7. The summed E-state index contributed by atoms with van der Waals surface area (Å²) in [5.74, 6) is -6.11. The molecule has 0 fully saturated rings. The molecule has 0 saturated heterocycles. The Morgan fingerprint density at radius 3 is 2.26 bits per heavy atom. The molecule has 2 rings (SSSR count). The molecule has 2 N–H and O–H groups in total. The highest BCUT2D eigenvalue weighted by Gasteiger charge is 2.27. The predicted molar refractivity (Wildman–Crippen MR) is 68.0 cm³/mol. The molecule has 0 aliphatic carbocycles. The van der Waals surface area contributed by atoms with Crippen molar-refractivity contribution in [1.82, 2.24) is 14.3 Å². The van der Waals surface area contributed by atoms with Gasteiger partial charge in [0.15, 0.2) is 5.82 Å². The zero-order valence-corrected chi connectivity index (χ0v) is 11.5. The molecule has 1 heterocycles. The van der Waals surface area contributed by atoms with Gasteiger partial charge in [0.25, 0.3) is 0 Å². The molecule has 0 bridgehead atoms. The Morgan fingerprint density at radius 2 is 1.83 bits per heavy atom. The Labute approximate surface area is 128 Å². The maximum Gasteiger partial charge on any atom is 0.374 e. The fraction of sp³-hybridized carbons (Fsp3) is 0.0909. The molecule has 0 amide bonds. The van der Waals surface area contributed by atoms with Crippen molar-refractivity contribution in [3.05, 3.63) is 44.8 Å². The van der Waals surface area contributed by atoms with Crippen LogP contribution in [0.3, 0.4) is 0 Å². The van der Waals surface area contributed by atoms with Crippen LogP contribution in [0.2, 0.25) is 5.02 Å². The highest BCUT2D eigenvalue weighted by atomic mass is 35.5. The molecule has 0 atom stereocenters. The SMILES string of the molecule is O=C(O)c1cc(-n2nc(C(=O)O)n(C(F)F)c2=O)c(F)cc1Cl. The molecule has 1 aromatic heterocycles. The number of hydrogen-bond acceptors (Lipinski definition) is 4. The summed E-state index contributed by atoms with van der Waals surface area (Å²) in [6, 6.07) is 1.12. The van der Waals surface area contributed by atoms with E-state index in [0.717, 1.165) is 0 Å². The van der Waals surface area contributed by atoms with Gasteiger partial charge < -0.3 is 10.2 Å². The third kappa shape index (κ3) is 2.77. The molecular formula is C11H5ClF3N3O5. The lowest BCUT2D eigenvalue weighted by atomic mass is 10.2. The predicted octanol–water partition coefficient (Wildman–Crippen LogP) is 1.62. The lowest BCUT2D eigenvalue weighted by Gasteiger charge is -2.05.